The summed E-state index contributed by atoms with van der Waals surface area (Å²) in [4.78, 5) is 22.9. The van der Waals surface area contributed by atoms with Gasteiger partial charge in [-0.05, 0) is 6.42 Å². The molecular weight excluding hydrogens is 208 g/mol. The van der Waals surface area contributed by atoms with Crippen molar-refractivity contribution in [1.82, 2.24) is 0 Å². The molecule has 0 N–H and O–H groups in total. The molecule has 0 saturated heterocycles. The second-order valence-corrected chi connectivity index (χ2v) is 3.94. The lowest BCUT2D eigenvalue weighted by Gasteiger charge is -2.19. The van der Waals surface area contributed by atoms with Crippen molar-refractivity contribution < 1.29 is 19.1 Å². The number of carbonyl (C=O) groups is 2. The number of ketones is 1. The zero-order valence-electron chi connectivity index (χ0n) is 9.99. The van der Waals surface area contributed by atoms with Crippen LogP contribution < -0.4 is 0 Å². The molecule has 0 amide bonds. The molecule has 0 radical (unpaired) electrons. The summed E-state index contributed by atoms with van der Waals surface area (Å²) in [5.41, 5.74) is 0. The fourth-order valence-corrected chi connectivity index (χ4v) is 2.12. The van der Waals surface area contributed by atoms with Crippen LogP contribution in [0.15, 0.2) is 11.8 Å². The van der Waals surface area contributed by atoms with Gasteiger partial charge in [-0.3, -0.25) is 9.59 Å². The van der Waals surface area contributed by atoms with Gasteiger partial charge in [0.15, 0.2) is 5.78 Å². The third-order valence-corrected chi connectivity index (χ3v) is 2.95. The van der Waals surface area contributed by atoms with Crippen molar-refractivity contribution >= 4 is 11.8 Å². The van der Waals surface area contributed by atoms with Crippen LogP contribution in [0.1, 0.15) is 26.2 Å². The molecule has 1 aliphatic rings. The van der Waals surface area contributed by atoms with E-state index in [0.29, 0.717) is 5.76 Å². The van der Waals surface area contributed by atoms with Gasteiger partial charge in [0.1, 0.15) is 5.76 Å². The first-order chi connectivity index (χ1) is 7.63. The first kappa shape index (κ1) is 12.7. The Kier molecular flexibility index (Phi) is 4.52. The van der Waals surface area contributed by atoms with Crippen LogP contribution in [0.25, 0.3) is 0 Å². The van der Waals surface area contributed by atoms with Crippen molar-refractivity contribution in [3.05, 3.63) is 11.8 Å². The van der Waals surface area contributed by atoms with Crippen LogP contribution >= 0.6 is 0 Å². The van der Waals surface area contributed by atoms with Crippen LogP contribution in [0.2, 0.25) is 0 Å². The quantitative estimate of drug-likeness (QED) is 0.669. The van der Waals surface area contributed by atoms with Crippen LogP contribution in [-0.4, -0.2) is 26.0 Å². The average molecular weight is 226 g/mol. The Hall–Kier alpha value is -1.32. The Morgan fingerprint density at radius 1 is 1.38 bits per heavy atom. The van der Waals surface area contributed by atoms with Gasteiger partial charge in [-0.25, -0.2) is 0 Å². The summed E-state index contributed by atoms with van der Waals surface area (Å²) >= 11 is 0. The lowest BCUT2D eigenvalue weighted by Crippen LogP contribution is -2.22. The number of methoxy groups -OCH3 is 2. The first-order valence-electron chi connectivity index (χ1n) is 5.50. The van der Waals surface area contributed by atoms with Crippen molar-refractivity contribution in [3.63, 3.8) is 0 Å². The predicted octanol–water partition coefficient (Wildman–Crippen LogP) is 1.70. The minimum absolute atomic E-state index is 0.0271. The molecule has 4 heteroatoms. The molecule has 0 bridgehead atoms. The van der Waals surface area contributed by atoms with E-state index in [2.05, 4.69) is 4.74 Å². The predicted molar refractivity (Wildman–Crippen MR) is 58.6 cm³/mol. The molecule has 4 nitrogen and oxygen atoms in total. The van der Waals surface area contributed by atoms with Crippen molar-refractivity contribution in [2.24, 2.45) is 11.8 Å². The summed E-state index contributed by atoms with van der Waals surface area (Å²) in [5, 5.41) is 0. The number of hydrogen-bond donors (Lipinski definition) is 0. The summed E-state index contributed by atoms with van der Waals surface area (Å²) < 4.78 is 9.78. The number of rotatable bonds is 5. The highest BCUT2D eigenvalue weighted by atomic mass is 16.5. The minimum Gasteiger partial charge on any atom is -0.501 e. The molecule has 90 valence electrons. The van der Waals surface area contributed by atoms with E-state index < -0.39 is 0 Å². The highest BCUT2D eigenvalue weighted by Crippen LogP contribution is 2.35. The number of hydrogen-bond acceptors (Lipinski definition) is 4. The van der Waals surface area contributed by atoms with E-state index in [-0.39, 0.29) is 30.0 Å². The summed E-state index contributed by atoms with van der Waals surface area (Å²) in [5.74, 6) is 0.0515. The molecule has 0 fully saturated rings. The largest absolute Gasteiger partial charge is 0.501 e. The third-order valence-electron chi connectivity index (χ3n) is 2.95. The maximum atomic E-state index is 11.7. The molecule has 0 aliphatic heterocycles. The van der Waals surface area contributed by atoms with E-state index in [9.17, 15) is 9.59 Å². The van der Waals surface area contributed by atoms with E-state index in [0.717, 1.165) is 12.8 Å². The SMILES string of the molecule is CCC[C@@H]1C(OC)=CC(=O)[C@H]1CC(=O)OC. The Bertz CT molecular complexity index is 306. The van der Waals surface area contributed by atoms with Gasteiger partial charge in [-0.15, -0.1) is 0 Å². The summed E-state index contributed by atoms with van der Waals surface area (Å²) in [6, 6.07) is 0. The molecule has 0 aromatic rings. The van der Waals surface area contributed by atoms with Gasteiger partial charge < -0.3 is 9.47 Å². The van der Waals surface area contributed by atoms with E-state index in [1.54, 1.807) is 7.11 Å². The maximum absolute atomic E-state index is 11.7. The monoisotopic (exact) mass is 226 g/mol. The van der Waals surface area contributed by atoms with Crippen LogP contribution in [0.5, 0.6) is 0 Å². The van der Waals surface area contributed by atoms with Crippen molar-refractivity contribution in [1.29, 1.82) is 0 Å². The highest BCUT2D eigenvalue weighted by Gasteiger charge is 2.37. The Morgan fingerprint density at radius 2 is 2.06 bits per heavy atom. The molecule has 0 aromatic carbocycles. The lowest BCUT2D eigenvalue weighted by molar-refractivity contribution is -0.143. The molecule has 0 spiro atoms. The Labute approximate surface area is 95.6 Å². The summed E-state index contributed by atoms with van der Waals surface area (Å²) in [7, 11) is 2.89. The Balaban J connectivity index is 2.75. The zero-order valence-corrected chi connectivity index (χ0v) is 9.99. The van der Waals surface area contributed by atoms with Gasteiger partial charge in [0, 0.05) is 17.9 Å². The normalized spacial score (nSPS) is 24.2. The standard InChI is InChI=1S/C12H18O4/c1-4-5-8-9(6-12(14)16-3)10(13)7-11(8)15-2/h7-9H,4-6H2,1-3H3/t8-,9-/m0/s1. The molecule has 16 heavy (non-hydrogen) atoms. The van der Waals surface area contributed by atoms with E-state index in [1.165, 1.54) is 13.2 Å². The third kappa shape index (κ3) is 2.62. The fraction of sp³-hybridized carbons (Fsp3) is 0.667. The molecule has 0 saturated carbocycles. The lowest BCUT2D eigenvalue weighted by atomic mass is 9.87. The Morgan fingerprint density at radius 3 is 2.56 bits per heavy atom. The van der Waals surface area contributed by atoms with Crippen molar-refractivity contribution in [2.75, 3.05) is 14.2 Å². The molecule has 2 atom stereocenters. The molecular formula is C12H18O4. The van der Waals surface area contributed by atoms with Crippen LogP contribution in [0.3, 0.4) is 0 Å². The smallest absolute Gasteiger partial charge is 0.306 e. The second-order valence-electron chi connectivity index (χ2n) is 3.94. The number of esters is 1. The minimum atomic E-state index is -0.342. The van der Waals surface area contributed by atoms with Crippen LogP contribution in [-0.2, 0) is 19.1 Å². The van der Waals surface area contributed by atoms with Gasteiger partial charge in [-0.2, -0.15) is 0 Å². The molecule has 0 aromatic heterocycles. The average Bonchev–Trinajstić information content (AvgIpc) is 2.57. The molecule has 0 heterocycles. The first-order valence-corrected chi connectivity index (χ1v) is 5.50. The van der Waals surface area contributed by atoms with Gasteiger partial charge in [-0.1, -0.05) is 13.3 Å². The maximum Gasteiger partial charge on any atom is 0.306 e. The second kappa shape index (κ2) is 5.68. The summed E-state index contributed by atoms with van der Waals surface area (Å²) in [6.07, 6.45) is 3.46. The van der Waals surface area contributed by atoms with E-state index in [4.69, 9.17) is 4.74 Å². The van der Waals surface area contributed by atoms with Crippen LogP contribution in [0, 0.1) is 11.8 Å². The van der Waals surface area contributed by atoms with E-state index >= 15 is 0 Å². The highest BCUT2D eigenvalue weighted by molar-refractivity contribution is 5.97. The number of allylic oxidation sites excluding steroid dienone is 2. The van der Waals surface area contributed by atoms with Crippen molar-refractivity contribution in [3.8, 4) is 0 Å². The van der Waals surface area contributed by atoms with Gasteiger partial charge in [0.2, 0.25) is 0 Å². The zero-order chi connectivity index (χ0) is 12.1. The van der Waals surface area contributed by atoms with E-state index in [1.807, 2.05) is 6.92 Å². The van der Waals surface area contributed by atoms with Gasteiger partial charge in [0.25, 0.3) is 0 Å². The van der Waals surface area contributed by atoms with Gasteiger partial charge >= 0.3 is 5.97 Å². The fourth-order valence-electron chi connectivity index (χ4n) is 2.12. The van der Waals surface area contributed by atoms with Crippen molar-refractivity contribution in [2.45, 2.75) is 26.2 Å². The topological polar surface area (TPSA) is 52.6 Å². The van der Waals surface area contributed by atoms with Crippen LogP contribution in [0.4, 0.5) is 0 Å². The number of carbonyl (C=O) groups excluding carboxylic acids is 2. The molecule has 1 aliphatic carbocycles. The number of ether oxygens (including phenoxy) is 2. The summed E-state index contributed by atoms with van der Waals surface area (Å²) in [6.45, 7) is 2.05. The van der Waals surface area contributed by atoms with Gasteiger partial charge in [0.05, 0.1) is 20.6 Å². The molecule has 0 unspecified atom stereocenters. The molecule has 1 rings (SSSR count).